The van der Waals surface area contributed by atoms with Crippen LogP contribution in [0.1, 0.15) is 37.8 Å². The zero-order valence-corrected chi connectivity index (χ0v) is 18.3. The first-order chi connectivity index (χ1) is 15.2. The van der Waals surface area contributed by atoms with E-state index in [2.05, 4.69) is 15.3 Å². The number of amides is 1. The number of piperidine rings is 1. The molecule has 1 atom stereocenters. The number of nitrogen functional groups attached to an aromatic ring is 1. The van der Waals surface area contributed by atoms with Crippen molar-refractivity contribution in [3.8, 4) is 0 Å². The molecular weight excluding hydrogens is 421 g/mol. The number of rotatable bonds is 7. The van der Waals surface area contributed by atoms with Crippen molar-refractivity contribution < 1.29 is 18.0 Å². The van der Waals surface area contributed by atoms with E-state index in [4.69, 9.17) is 5.73 Å². The fraction of sp³-hybridized carbons (Fsp3) is 0.500. The number of carbonyl (C=O) groups is 1. The normalized spacial score (nSPS) is 16.7. The Hall–Kier alpha value is -3.04. The highest BCUT2D eigenvalue weighted by Gasteiger charge is 2.31. The maximum absolute atomic E-state index is 12.9. The molecule has 1 saturated heterocycles. The predicted molar refractivity (Wildman–Crippen MR) is 118 cm³/mol. The molecule has 1 amide bonds. The van der Waals surface area contributed by atoms with Crippen molar-refractivity contribution in [3.63, 3.8) is 0 Å². The second-order valence-corrected chi connectivity index (χ2v) is 7.82. The maximum Gasteiger partial charge on any atom is 0.416 e. The van der Waals surface area contributed by atoms with Crippen LogP contribution in [0.15, 0.2) is 30.3 Å². The number of hydrogen-bond donors (Lipinski definition) is 2. The minimum Gasteiger partial charge on any atom is -0.368 e. The van der Waals surface area contributed by atoms with Crippen LogP contribution in [0.5, 0.6) is 0 Å². The third-order valence-electron chi connectivity index (χ3n) is 5.63. The van der Waals surface area contributed by atoms with E-state index in [1.54, 1.807) is 12.1 Å². The molecule has 32 heavy (non-hydrogen) atoms. The summed E-state index contributed by atoms with van der Waals surface area (Å²) in [5.74, 6) is 1.11. The number of nitrogens with two attached hydrogens (primary N) is 1. The molecule has 3 rings (SSSR count). The van der Waals surface area contributed by atoms with Crippen LogP contribution in [0.3, 0.4) is 0 Å². The zero-order chi connectivity index (χ0) is 23.3. The number of aromatic nitrogens is 2. The molecule has 1 aromatic heterocycles. The number of anilines is 3. The molecule has 0 bridgehead atoms. The summed E-state index contributed by atoms with van der Waals surface area (Å²) in [6.45, 7) is 6.73. The summed E-state index contributed by atoms with van der Waals surface area (Å²) in [5.41, 5.74) is 5.67. The van der Waals surface area contributed by atoms with Gasteiger partial charge in [-0.2, -0.15) is 23.1 Å². The molecule has 174 valence electrons. The quantitative estimate of drug-likeness (QED) is 0.668. The minimum absolute atomic E-state index is 0.0613. The van der Waals surface area contributed by atoms with E-state index in [9.17, 15) is 18.0 Å². The van der Waals surface area contributed by atoms with Crippen LogP contribution >= 0.6 is 0 Å². The highest BCUT2D eigenvalue weighted by Crippen LogP contribution is 2.30. The summed E-state index contributed by atoms with van der Waals surface area (Å²) >= 11 is 0. The molecule has 0 spiro atoms. The summed E-state index contributed by atoms with van der Waals surface area (Å²) in [6, 6.07) is 6.85. The number of hydrogen-bond acceptors (Lipinski definition) is 6. The van der Waals surface area contributed by atoms with Crippen LogP contribution in [0.2, 0.25) is 0 Å². The van der Waals surface area contributed by atoms with Crippen LogP contribution in [-0.2, 0) is 17.5 Å². The molecule has 3 N–H and O–H groups in total. The van der Waals surface area contributed by atoms with Gasteiger partial charge in [-0.3, -0.25) is 4.79 Å². The van der Waals surface area contributed by atoms with E-state index < -0.39 is 11.7 Å². The largest absolute Gasteiger partial charge is 0.416 e. The van der Waals surface area contributed by atoms with Crippen molar-refractivity contribution in [2.75, 3.05) is 42.1 Å². The van der Waals surface area contributed by atoms with Gasteiger partial charge in [0.2, 0.25) is 11.9 Å². The number of nitrogens with one attached hydrogen (secondary N) is 1. The zero-order valence-electron chi connectivity index (χ0n) is 18.3. The van der Waals surface area contributed by atoms with Crippen LogP contribution in [0.4, 0.5) is 30.8 Å². The van der Waals surface area contributed by atoms with Gasteiger partial charge in [-0.25, -0.2) is 0 Å². The first-order valence-electron chi connectivity index (χ1n) is 10.8. The second kappa shape index (κ2) is 10.1. The highest BCUT2D eigenvalue weighted by molar-refractivity contribution is 5.79. The van der Waals surface area contributed by atoms with E-state index in [0.717, 1.165) is 31.5 Å². The van der Waals surface area contributed by atoms with Crippen molar-refractivity contribution in [1.29, 1.82) is 0 Å². The Morgan fingerprint density at radius 2 is 2.00 bits per heavy atom. The molecule has 1 aliphatic heterocycles. The lowest BCUT2D eigenvalue weighted by Crippen LogP contribution is -2.45. The van der Waals surface area contributed by atoms with Gasteiger partial charge in [0.25, 0.3) is 0 Å². The molecule has 7 nitrogen and oxygen atoms in total. The van der Waals surface area contributed by atoms with Gasteiger partial charge < -0.3 is 20.9 Å². The smallest absolute Gasteiger partial charge is 0.368 e. The Balaban J connectivity index is 1.71. The monoisotopic (exact) mass is 450 g/mol. The fourth-order valence-corrected chi connectivity index (χ4v) is 3.94. The molecule has 0 saturated carbocycles. The summed E-state index contributed by atoms with van der Waals surface area (Å²) in [7, 11) is 0. The molecule has 2 heterocycles. The molecule has 10 heteroatoms. The maximum atomic E-state index is 12.9. The van der Waals surface area contributed by atoms with E-state index in [1.807, 2.05) is 23.6 Å². The van der Waals surface area contributed by atoms with Crippen molar-refractivity contribution in [2.24, 2.45) is 5.92 Å². The number of alkyl halides is 3. The Morgan fingerprint density at radius 1 is 1.25 bits per heavy atom. The van der Waals surface area contributed by atoms with E-state index in [1.165, 1.54) is 6.07 Å². The van der Waals surface area contributed by atoms with Crippen molar-refractivity contribution in [2.45, 2.75) is 39.4 Å². The molecule has 0 aliphatic carbocycles. The van der Waals surface area contributed by atoms with Gasteiger partial charge in [0.05, 0.1) is 11.5 Å². The van der Waals surface area contributed by atoms with Crippen LogP contribution in [0.25, 0.3) is 0 Å². The van der Waals surface area contributed by atoms with Gasteiger partial charge in [-0.1, -0.05) is 12.1 Å². The molecule has 0 radical (unpaired) electrons. The lowest BCUT2D eigenvalue weighted by molar-refractivity contribution is -0.137. The van der Waals surface area contributed by atoms with Gasteiger partial charge in [0.15, 0.2) is 0 Å². The third kappa shape index (κ3) is 5.80. The van der Waals surface area contributed by atoms with Gasteiger partial charge in [0, 0.05) is 38.8 Å². The van der Waals surface area contributed by atoms with E-state index >= 15 is 0 Å². The lowest BCUT2D eigenvalue weighted by atomic mass is 9.96. The standard InChI is InChI=1S/C22H29F3N6O/c1-3-30(4-2)20(32)16-8-6-10-31(14-16)19-12-18(28-21(26)29-19)27-13-15-7-5-9-17(11-15)22(23,24)25/h5,7,9,11-12,16H,3-4,6,8,10,13-14H2,1-2H3,(H3,26,27,28,29). The topological polar surface area (TPSA) is 87.4 Å². The Labute approximate surface area is 185 Å². The molecule has 1 unspecified atom stereocenters. The number of carbonyl (C=O) groups excluding carboxylic acids is 1. The van der Waals surface area contributed by atoms with E-state index in [-0.39, 0.29) is 24.3 Å². The number of benzene rings is 1. The Morgan fingerprint density at radius 3 is 2.69 bits per heavy atom. The predicted octanol–water partition coefficient (Wildman–Crippen LogP) is 3.77. The molecular formula is C22H29F3N6O. The molecule has 1 aliphatic rings. The number of halogens is 3. The van der Waals surface area contributed by atoms with E-state index in [0.29, 0.717) is 36.8 Å². The summed E-state index contributed by atoms with van der Waals surface area (Å²) in [6.07, 6.45) is -2.71. The lowest BCUT2D eigenvalue weighted by Gasteiger charge is -2.35. The second-order valence-electron chi connectivity index (χ2n) is 7.82. The van der Waals surface area contributed by atoms with Crippen LogP contribution in [-0.4, -0.2) is 47.0 Å². The average Bonchev–Trinajstić information content (AvgIpc) is 2.78. The van der Waals surface area contributed by atoms with Crippen molar-refractivity contribution >= 4 is 23.5 Å². The molecule has 1 fully saturated rings. The van der Waals surface area contributed by atoms with Crippen LogP contribution < -0.4 is 16.0 Å². The van der Waals surface area contributed by atoms with Crippen molar-refractivity contribution in [3.05, 3.63) is 41.5 Å². The number of nitrogens with zero attached hydrogens (tertiary/aromatic N) is 4. The highest BCUT2D eigenvalue weighted by atomic mass is 19.4. The summed E-state index contributed by atoms with van der Waals surface area (Å²) in [5, 5.41) is 3.03. The Bertz CT molecular complexity index is 932. The molecule has 1 aromatic carbocycles. The minimum atomic E-state index is -4.39. The average molecular weight is 451 g/mol. The van der Waals surface area contributed by atoms with Gasteiger partial charge in [-0.05, 0) is 44.4 Å². The molecule has 2 aromatic rings. The Kier molecular flexibility index (Phi) is 7.42. The van der Waals surface area contributed by atoms with Gasteiger partial charge >= 0.3 is 6.18 Å². The fourth-order valence-electron chi connectivity index (χ4n) is 3.94. The van der Waals surface area contributed by atoms with Crippen LogP contribution in [0, 0.1) is 5.92 Å². The summed E-state index contributed by atoms with van der Waals surface area (Å²) in [4.78, 5) is 25.1. The van der Waals surface area contributed by atoms with Gasteiger partial charge in [-0.15, -0.1) is 0 Å². The third-order valence-corrected chi connectivity index (χ3v) is 5.63. The first-order valence-corrected chi connectivity index (χ1v) is 10.8. The van der Waals surface area contributed by atoms with Crippen molar-refractivity contribution in [1.82, 2.24) is 14.9 Å². The SMILES string of the molecule is CCN(CC)C(=O)C1CCCN(c2cc(NCc3cccc(C(F)(F)F)c3)nc(N)n2)C1. The first kappa shape index (κ1) is 23.6. The summed E-state index contributed by atoms with van der Waals surface area (Å²) < 4.78 is 38.8. The van der Waals surface area contributed by atoms with Gasteiger partial charge in [0.1, 0.15) is 11.6 Å².